The van der Waals surface area contributed by atoms with Crippen molar-refractivity contribution in [3.05, 3.63) is 82.8 Å². The Bertz CT molecular complexity index is 1190. The summed E-state index contributed by atoms with van der Waals surface area (Å²) in [5.74, 6) is 2.45. The molecule has 2 heterocycles. The van der Waals surface area contributed by atoms with E-state index in [-0.39, 0.29) is 23.8 Å². The Morgan fingerprint density at radius 3 is 2.57 bits per heavy atom. The van der Waals surface area contributed by atoms with E-state index in [0.29, 0.717) is 12.0 Å². The van der Waals surface area contributed by atoms with Gasteiger partial charge >= 0.3 is 0 Å². The van der Waals surface area contributed by atoms with Gasteiger partial charge in [0, 0.05) is 13.5 Å². The van der Waals surface area contributed by atoms with Crippen LogP contribution in [0.25, 0.3) is 0 Å². The van der Waals surface area contributed by atoms with E-state index in [1.165, 1.54) is 18.0 Å². The molecule has 0 radical (unpaired) electrons. The Morgan fingerprint density at radius 2 is 1.83 bits per heavy atom. The van der Waals surface area contributed by atoms with Gasteiger partial charge in [-0.3, -0.25) is 14.5 Å². The molecule has 3 aromatic rings. The quantitative estimate of drug-likeness (QED) is 0.537. The van der Waals surface area contributed by atoms with Gasteiger partial charge in [0.15, 0.2) is 29.1 Å². The molecule has 0 saturated heterocycles. The molecule has 30 heavy (non-hydrogen) atoms. The topological polar surface area (TPSA) is 66.1 Å². The summed E-state index contributed by atoms with van der Waals surface area (Å²) < 4.78 is 26.7. The lowest BCUT2D eigenvalue weighted by molar-refractivity contribution is -0.121. The van der Waals surface area contributed by atoms with E-state index in [2.05, 4.69) is 21.8 Å². The van der Waals surface area contributed by atoms with Crippen LogP contribution in [0, 0.1) is 29.4 Å². The maximum absolute atomic E-state index is 13.5. The number of carbonyl (C=O) groups is 2. The summed E-state index contributed by atoms with van der Waals surface area (Å²) in [5, 5.41) is 0. The van der Waals surface area contributed by atoms with Crippen molar-refractivity contribution in [3.63, 3.8) is 0 Å². The van der Waals surface area contributed by atoms with Crippen LogP contribution in [0.5, 0.6) is 0 Å². The Kier molecular flexibility index (Phi) is 5.15. The number of nitrogens with one attached hydrogen (secondary N) is 1. The molecule has 1 amide bonds. The second-order valence-electron chi connectivity index (χ2n) is 7.01. The number of aromatic nitrogens is 2. The summed E-state index contributed by atoms with van der Waals surface area (Å²) >= 11 is 0. The smallest absolute Gasteiger partial charge is 0.239 e. The zero-order chi connectivity index (χ0) is 21.3. The molecule has 0 saturated carbocycles. The summed E-state index contributed by atoms with van der Waals surface area (Å²) in [6.07, 6.45) is 0.486. The molecule has 1 aliphatic rings. The number of anilines is 1. The van der Waals surface area contributed by atoms with Gasteiger partial charge < -0.3 is 4.98 Å². The minimum Gasteiger partial charge on any atom is -0.327 e. The molecular weight excluding hydrogens is 388 g/mol. The number of fused-ring (bicyclic) bond motifs is 1. The van der Waals surface area contributed by atoms with Crippen molar-refractivity contribution in [2.75, 3.05) is 11.9 Å². The second-order valence-corrected chi connectivity index (χ2v) is 7.01. The molecule has 0 aliphatic carbocycles. The van der Waals surface area contributed by atoms with E-state index in [9.17, 15) is 18.4 Å². The van der Waals surface area contributed by atoms with E-state index >= 15 is 0 Å². The lowest BCUT2D eigenvalue weighted by atomic mass is 9.89. The molecule has 0 fully saturated rings. The normalized spacial score (nSPS) is 15.6. The van der Waals surface area contributed by atoms with E-state index in [4.69, 9.17) is 0 Å². The molecule has 1 unspecified atom stereocenters. The summed E-state index contributed by atoms with van der Waals surface area (Å²) in [6, 6.07) is 13.0. The number of amides is 1. The monoisotopic (exact) mass is 405 g/mol. The minimum atomic E-state index is -1.04. The predicted molar refractivity (Wildman–Crippen MR) is 107 cm³/mol. The van der Waals surface area contributed by atoms with Gasteiger partial charge in [-0.1, -0.05) is 42.3 Å². The van der Waals surface area contributed by atoms with Crippen LogP contribution in [0.3, 0.4) is 0 Å². The first-order chi connectivity index (χ1) is 14.4. The van der Waals surface area contributed by atoms with Crippen LogP contribution in [0.2, 0.25) is 0 Å². The van der Waals surface area contributed by atoms with Gasteiger partial charge in [0.05, 0.1) is 0 Å². The van der Waals surface area contributed by atoms with Gasteiger partial charge in [0.2, 0.25) is 5.91 Å². The van der Waals surface area contributed by atoms with E-state index < -0.39 is 29.2 Å². The fourth-order valence-corrected chi connectivity index (χ4v) is 3.37. The first kappa shape index (κ1) is 19.5. The summed E-state index contributed by atoms with van der Waals surface area (Å²) in [5.41, 5.74) is 1.60. The molecule has 2 aromatic carbocycles. The van der Waals surface area contributed by atoms with Gasteiger partial charge in [-0.15, -0.1) is 0 Å². The highest BCUT2D eigenvalue weighted by Gasteiger charge is 2.40. The van der Waals surface area contributed by atoms with Crippen LogP contribution in [0.1, 0.15) is 27.4 Å². The van der Waals surface area contributed by atoms with Crippen molar-refractivity contribution in [1.82, 2.24) is 9.97 Å². The van der Waals surface area contributed by atoms with Crippen LogP contribution in [0.15, 0.2) is 48.5 Å². The largest absolute Gasteiger partial charge is 0.327 e. The Hall–Kier alpha value is -3.79. The number of nitrogens with zero attached hydrogens (tertiary/aromatic N) is 2. The van der Waals surface area contributed by atoms with E-state index in [1.54, 1.807) is 0 Å². The van der Waals surface area contributed by atoms with Crippen molar-refractivity contribution in [2.24, 2.45) is 5.92 Å². The fraction of sp³-hybridized carbons (Fsp3) is 0.174. The van der Waals surface area contributed by atoms with Gasteiger partial charge in [0.25, 0.3) is 0 Å². The van der Waals surface area contributed by atoms with Crippen LogP contribution in [-0.2, 0) is 17.6 Å². The van der Waals surface area contributed by atoms with Crippen molar-refractivity contribution < 1.29 is 18.4 Å². The molecular formula is C23H17F2N3O2. The molecule has 150 valence electrons. The fourth-order valence-electron chi connectivity index (χ4n) is 3.37. The van der Waals surface area contributed by atoms with Crippen molar-refractivity contribution in [2.45, 2.75) is 12.8 Å². The highest BCUT2D eigenvalue weighted by atomic mass is 19.2. The number of halogens is 2. The lowest BCUT2D eigenvalue weighted by Crippen LogP contribution is -2.43. The maximum atomic E-state index is 13.5. The number of hydrogen-bond donors (Lipinski definition) is 1. The maximum Gasteiger partial charge on any atom is 0.239 e. The zero-order valence-electron chi connectivity index (χ0n) is 16.1. The van der Waals surface area contributed by atoms with Crippen molar-refractivity contribution >= 4 is 17.5 Å². The molecule has 0 bridgehead atoms. The van der Waals surface area contributed by atoms with Crippen LogP contribution in [0.4, 0.5) is 14.6 Å². The molecule has 1 aliphatic heterocycles. The van der Waals surface area contributed by atoms with E-state index in [0.717, 1.165) is 17.7 Å². The molecule has 7 heteroatoms. The number of carbonyl (C=O) groups excluding carboxylic acids is 2. The third kappa shape index (κ3) is 3.72. The number of rotatable bonds is 3. The van der Waals surface area contributed by atoms with E-state index in [1.807, 2.05) is 30.3 Å². The first-order valence-corrected chi connectivity index (χ1v) is 9.32. The number of H-pyrrole nitrogens is 1. The third-order valence-electron chi connectivity index (χ3n) is 4.96. The van der Waals surface area contributed by atoms with Crippen molar-refractivity contribution in [1.29, 1.82) is 0 Å². The van der Waals surface area contributed by atoms with Gasteiger partial charge in [-0.2, -0.15) is 0 Å². The highest BCUT2D eigenvalue weighted by Crippen LogP contribution is 2.29. The number of imidazole rings is 1. The number of aromatic amines is 1. The SMILES string of the molecule is CN1C(=O)C(Cc2ccc(F)c(F)c2)C(=O)c2[nH]c(C#CCc3ccccc3)nc21. The average Bonchev–Trinajstić information content (AvgIpc) is 3.17. The molecule has 1 atom stereocenters. The highest BCUT2D eigenvalue weighted by molar-refractivity contribution is 6.20. The van der Waals surface area contributed by atoms with Crippen LogP contribution < -0.4 is 4.90 Å². The molecule has 1 N–H and O–H groups in total. The predicted octanol–water partition coefficient (Wildman–Crippen LogP) is 3.30. The average molecular weight is 405 g/mol. The Morgan fingerprint density at radius 1 is 1.07 bits per heavy atom. The molecule has 5 nitrogen and oxygen atoms in total. The Labute approximate surface area is 171 Å². The second kappa shape index (κ2) is 7.91. The van der Waals surface area contributed by atoms with Gasteiger partial charge in [-0.05, 0) is 35.6 Å². The third-order valence-corrected chi connectivity index (χ3v) is 4.96. The Balaban J connectivity index is 1.57. The van der Waals surface area contributed by atoms with Gasteiger partial charge in [-0.25, -0.2) is 13.8 Å². The molecule has 1 aromatic heterocycles. The van der Waals surface area contributed by atoms with Crippen molar-refractivity contribution in [3.8, 4) is 11.8 Å². The standard InChI is InChI=1S/C23H17F2N3O2/c1-28-22-20(26-19(27-22)9-5-8-14-6-3-2-4-7-14)21(29)16(23(28)30)12-15-10-11-17(24)18(25)13-15/h2-4,6-7,10-11,13,16H,8,12H2,1H3,(H,26,27). The lowest BCUT2D eigenvalue weighted by Gasteiger charge is -2.26. The van der Waals surface area contributed by atoms with Crippen LogP contribution >= 0.6 is 0 Å². The number of Topliss-reactive ketones (excluding diaryl/α,β-unsaturated/α-hetero) is 1. The first-order valence-electron chi connectivity index (χ1n) is 9.32. The molecule has 0 spiro atoms. The zero-order valence-corrected chi connectivity index (χ0v) is 16.1. The summed E-state index contributed by atoms with van der Waals surface area (Å²) in [4.78, 5) is 34.1. The summed E-state index contributed by atoms with van der Waals surface area (Å²) in [7, 11) is 1.52. The number of hydrogen-bond acceptors (Lipinski definition) is 3. The van der Waals surface area contributed by atoms with Crippen LogP contribution in [-0.4, -0.2) is 28.7 Å². The summed E-state index contributed by atoms with van der Waals surface area (Å²) in [6.45, 7) is 0. The minimum absolute atomic E-state index is 0.0350. The molecule has 4 rings (SSSR count). The van der Waals surface area contributed by atoms with Gasteiger partial charge in [0.1, 0.15) is 11.6 Å². The number of benzene rings is 2. The number of ketones is 1.